The summed E-state index contributed by atoms with van der Waals surface area (Å²) in [7, 11) is 0. The standard InChI is InChI=1S/C19H26N2OS/c22-19(10-9-17-7-2-1-3-8-17)21-13-6-14-23-16-18(21)15-20-11-4-5-12-20/h1-3,7-10,18H,4-6,11-16H2/b10-9+/t18-/m1/s1. The van der Waals surface area contributed by atoms with Crippen LogP contribution in [0.1, 0.15) is 24.8 Å². The van der Waals surface area contributed by atoms with Crippen molar-refractivity contribution in [2.45, 2.75) is 25.3 Å². The van der Waals surface area contributed by atoms with E-state index in [4.69, 9.17) is 0 Å². The Balaban J connectivity index is 1.65. The summed E-state index contributed by atoms with van der Waals surface area (Å²) in [6.07, 6.45) is 7.41. The summed E-state index contributed by atoms with van der Waals surface area (Å²) in [5.74, 6) is 2.41. The molecule has 2 heterocycles. The molecule has 0 N–H and O–H groups in total. The van der Waals surface area contributed by atoms with Gasteiger partial charge in [-0.25, -0.2) is 0 Å². The number of benzene rings is 1. The molecular weight excluding hydrogens is 304 g/mol. The van der Waals surface area contributed by atoms with E-state index in [0.717, 1.165) is 30.8 Å². The van der Waals surface area contributed by atoms with E-state index < -0.39 is 0 Å². The summed E-state index contributed by atoms with van der Waals surface area (Å²) < 4.78 is 0. The van der Waals surface area contributed by atoms with Crippen molar-refractivity contribution in [3.63, 3.8) is 0 Å². The van der Waals surface area contributed by atoms with Gasteiger partial charge in [0.1, 0.15) is 0 Å². The van der Waals surface area contributed by atoms with E-state index in [1.807, 2.05) is 48.2 Å². The fourth-order valence-corrected chi connectivity index (χ4v) is 4.42. The van der Waals surface area contributed by atoms with Gasteiger partial charge in [0.25, 0.3) is 0 Å². The third-order valence-electron chi connectivity index (χ3n) is 4.61. The van der Waals surface area contributed by atoms with Crippen LogP contribution in [0.3, 0.4) is 0 Å². The Bertz CT molecular complexity index is 525. The third kappa shape index (κ3) is 4.85. The lowest BCUT2D eigenvalue weighted by Gasteiger charge is -2.32. The second-order valence-electron chi connectivity index (χ2n) is 6.37. The number of likely N-dealkylation sites (tertiary alicyclic amines) is 1. The third-order valence-corrected chi connectivity index (χ3v) is 5.81. The molecule has 124 valence electrons. The average Bonchev–Trinajstić information content (AvgIpc) is 2.98. The van der Waals surface area contributed by atoms with Crippen LogP contribution >= 0.6 is 11.8 Å². The number of nitrogens with zero attached hydrogens (tertiary/aromatic N) is 2. The number of rotatable bonds is 4. The van der Waals surface area contributed by atoms with Crippen LogP contribution in [-0.4, -0.2) is 59.4 Å². The quantitative estimate of drug-likeness (QED) is 0.793. The van der Waals surface area contributed by atoms with Crippen molar-refractivity contribution in [1.29, 1.82) is 0 Å². The number of hydrogen-bond donors (Lipinski definition) is 0. The summed E-state index contributed by atoms with van der Waals surface area (Å²) in [5.41, 5.74) is 1.08. The maximum absolute atomic E-state index is 12.7. The predicted octanol–water partition coefficient (Wildman–Crippen LogP) is 3.13. The molecule has 3 rings (SSSR count). The smallest absolute Gasteiger partial charge is 0.246 e. The van der Waals surface area contributed by atoms with Gasteiger partial charge in [-0.15, -0.1) is 0 Å². The van der Waals surface area contributed by atoms with Crippen LogP contribution in [0.5, 0.6) is 0 Å². The topological polar surface area (TPSA) is 23.6 Å². The maximum atomic E-state index is 12.7. The van der Waals surface area contributed by atoms with E-state index in [9.17, 15) is 4.79 Å². The number of carbonyl (C=O) groups is 1. The summed E-state index contributed by atoms with van der Waals surface area (Å²) in [4.78, 5) is 17.4. The van der Waals surface area contributed by atoms with Gasteiger partial charge in [0.2, 0.25) is 5.91 Å². The average molecular weight is 330 g/mol. The van der Waals surface area contributed by atoms with E-state index in [1.54, 1.807) is 6.08 Å². The summed E-state index contributed by atoms with van der Waals surface area (Å²) in [6.45, 7) is 4.33. The number of amides is 1. The van der Waals surface area contributed by atoms with Crippen LogP contribution in [0.4, 0.5) is 0 Å². The Hall–Kier alpha value is -1.26. The molecule has 0 unspecified atom stereocenters. The van der Waals surface area contributed by atoms with Crippen LogP contribution in [0.25, 0.3) is 6.08 Å². The lowest BCUT2D eigenvalue weighted by Crippen LogP contribution is -2.47. The molecule has 3 nitrogen and oxygen atoms in total. The molecule has 0 saturated carbocycles. The van der Waals surface area contributed by atoms with Crippen LogP contribution in [0.2, 0.25) is 0 Å². The maximum Gasteiger partial charge on any atom is 0.246 e. The van der Waals surface area contributed by atoms with Gasteiger partial charge in [-0.05, 0) is 49.7 Å². The molecule has 2 fully saturated rings. The zero-order valence-corrected chi connectivity index (χ0v) is 14.5. The first-order valence-corrected chi connectivity index (χ1v) is 9.82. The summed E-state index contributed by atoms with van der Waals surface area (Å²) in [6, 6.07) is 10.4. The van der Waals surface area contributed by atoms with Crippen LogP contribution in [0.15, 0.2) is 36.4 Å². The van der Waals surface area contributed by atoms with E-state index in [0.29, 0.717) is 6.04 Å². The van der Waals surface area contributed by atoms with Crippen molar-refractivity contribution >= 4 is 23.7 Å². The Kier molecular flexibility index (Phi) is 6.17. The minimum Gasteiger partial charge on any atom is -0.334 e. The normalized spacial score (nSPS) is 23.3. The lowest BCUT2D eigenvalue weighted by molar-refractivity contribution is -0.128. The molecule has 1 amide bonds. The van der Waals surface area contributed by atoms with E-state index in [-0.39, 0.29) is 5.91 Å². The van der Waals surface area contributed by atoms with E-state index in [2.05, 4.69) is 9.80 Å². The highest BCUT2D eigenvalue weighted by atomic mass is 32.2. The van der Waals surface area contributed by atoms with Crippen molar-refractivity contribution in [2.75, 3.05) is 37.7 Å². The molecule has 1 atom stereocenters. The highest BCUT2D eigenvalue weighted by Gasteiger charge is 2.27. The first-order chi connectivity index (χ1) is 11.3. The zero-order chi connectivity index (χ0) is 15.9. The largest absolute Gasteiger partial charge is 0.334 e. The monoisotopic (exact) mass is 330 g/mol. The van der Waals surface area contributed by atoms with Gasteiger partial charge >= 0.3 is 0 Å². The Labute approximate surface area is 143 Å². The van der Waals surface area contributed by atoms with Gasteiger partial charge in [0.05, 0.1) is 6.04 Å². The molecule has 2 aliphatic rings. The van der Waals surface area contributed by atoms with E-state index in [1.165, 1.54) is 31.7 Å². The summed E-state index contributed by atoms with van der Waals surface area (Å²) in [5, 5.41) is 0. The molecular formula is C19H26N2OS. The molecule has 0 aliphatic carbocycles. The van der Waals surface area contributed by atoms with Crippen molar-refractivity contribution in [2.24, 2.45) is 0 Å². The Morgan fingerprint density at radius 3 is 2.70 bits per heavy atom. The van der Waals surface area contributed by atoms with Crippen molar-refractivity contribution in [3.05, 3.63) is 42.0 Å². The molecule has 2 aliphatic heterocycles. The Morgan fingerprint density at radius 2 is 1.91 bits per heavy atom. The SMILES string of the molecule is O=C(/C=C/c1ccccc1)N1CCCSC[C@H]1CN1CCCC1. The molecule has 4 heteroatoms. The number of carbonyl (C=O) groups excluding carboxylic acids is 1. The molecule has 2 saturated heterocycles. The molecule has 0 aromatic heterocycles. The number of thioether (sulfide) groups is 1. The molecule has 0 bridgehead atoms. The van der Waals surface area contributed by atoms with Gasteiger partial charge in [-0.3, -0.25) is 4.79 Å². The fraction of sp³-hybridized carbons (Fsp3) is 0.526. The zero-order valence-electron chi connectivity index (χ0n) is 13.7. The van der Waals surface area contributed by atoms with Crippen LogP contribution in [0, 0.1) is 0 Å². The molecule has 0 spiro atoms. The molecule has 1 aromatic carbocycles. The minimum atomic E-state index is 0.167. The van der Waals surface area contributed by atoms with Crippen LogP contribution in [-0.2, 0) is 4.79 Å². The number of hydrogen-bond acceptors (Lipinski definition) is 3. The van der Waals surface area contributed by atoms with E-state index >= 15 is 0 Å². The van der Waals surface area contributed by atoms with Gasteiger partial charge < -0.3 is 9.80 Å². The predicted molar refractivity (Wildman–Crippen MR) is 98.6 cm³/mol. The lowest BCUT2D eigenvalue weighted by atomic mass is 10.2. The second kappa shape index (κ2) is 8.55. The van der Waals surface area contributed by atoms with Gasteiger partial charge in [-0.1, -0.05) is 30.3 Å². The molecule has 1 aromatic rings. The fourth-order valence-electron chi connectivity index (χ4n) is 3.36. The van der Waals surface area contributed by atoms with Gasteiger partial charge in [0.15, 0.2) is 0 Å². The highest BCUT2D eigenvalue weighted by molar-refractivity contribution is 7.99. The van der Waals surface area contributed by atoms with Crippen molar-refractivity contribution < 1.29 is 4.79 Å². The van der Waals surface area contributed by atoms with Crippen molar-refractivity contribution in [3.8, 4) is 0 Å². The Morgan fingerprint density at radius 1 is 1.13 bits per heavy atom. The molecule has 23 heavy (non-hydrogen) atoms. The van der Waals surface area contributed by atoms with Gasteiger partial charge in [0, 0.05) is 24.9 Å². The molecule has 0 radical (unpaired) electrons. The van der Waals surface area contributed by atoms with Crippen molar-refractivity contribution in [1.82, 2.24) is 9.80 Å². The highest BCUT2D eigenvalue weighted by Crippen LogP contribution is 2.20. The second-order valence-corrected chi connectivity index (χ2v) is 7.52. The van der Waals surface area contributed by atoms with Crippen LogP contribution < -0.4 is 0 Å². The summed E-state index contributed by atoms with van der Waals surface area (Å²) >= 11 is 2.00. The minimum absolute atomic E-state index is 0.167. The first kappa shape index (κ1) is 16.6. The van der Waals surface area contributed by atoms with Gasteiger partial charge in [-0.2, -0.15) is 11.8 Å². The first-order valence-electron chi connectivity index (χ1n) is 8.67.